The van der Waals surface area contributed by atoms with Crippen molar-refractivity contribution in [1.29, 1.82) is 0 Å². The maximum absolute atomic E-state index is 12.4. The maximum atomic E-state index is 12.4. The maximum Gasteiger partial charge on any atom is 0.287 e. The molecule has 0 unspecified atom stereocenters. The Morgan fingerprint density at radius 3 is 2.62 bits per heavy atom. The molecule has 1 aromatic heterocycles. The summed E-state index contributed by atoms with van der Waals surface area (Å²) in [6.45, 7) is 4.22. The molecule has 0 saturated carbocycles. The van der Waals surface area contributed by atoms with Gasteiger partial charge in [0.15, 0.2) is 0 Å². The molecule has 0 bridgehead atoms. The monoisotopic (exact) mass is 348 g/mol. The first-order valence-corrected chi connectivity index (χ1v) is 8.06. The fourth-order valence-electron chi connectivity index (χ4n) is 2.26. The van der Waals surface area contributed by atoms with Crippen molar-refractivity contribution in [3.63, 3.8) is 0 Å². The zero-order chi connectivity index (χ0) is 17.7. The van der Waals surface area contributed by atoms with Crippen molar-refractivity contribution in [1.82, 2.24) is 15.1 Å². The second-order valence-corrected chi connectivity index (χ2v) is 6.25. The third kappa shape index (κ3) is 4.58. The van der Waals surface area contributed by atoms with E-state index in [-0.39, 0.29) is 29.1 Å². The van der Waals surface area contributed by atoms with Crippen molar-refractivity contribution >= 4 is 23.2 Å². The molecule has 0 atom stereocenters. The number of anilines is 1. The van der Waals surface area contributed by atoms with Crippen LogP contribution in [0.15, 0.2) is 41.3 Å². The van der Waals surface area contributed by atoms with E-state index in [0.717, 1.165) is 5.56 Å². The summed E-state index contributed by atoms with van der Waals surface area (Å²) in [6, 6.07) is 9.59. The van der Waals surface area contributed by atoms with Gasteiger partial charge in [0, 0.05) is 13.1 Å². The molecule has 1 aromatic carbocycles. The second-order valence-electron chi connectivity index (χ2n) is 5.87. The summed E-state index contributed by atoms with van der Waals surface area (Å²) in [7, 11) is 1.70. The summed E-state index contributed by atoms with van der Waals surface area (Å²) >= 11 is 6.20. The number of likely N-dealkylation sites (N-methyl/N-ethyl adjacent to an activating group) is 1. The lowest BCUT2D eigenvalue weighted by molar-refractivity contribution is -0.120. The molecule has 0 fully saturated rings. The zero-order valence-corrected chi connectivity index (χ0v) is 14.7. The van der Waals surface area contributed by atoms with Crippen LogP contribution in [-0.4, -0.2) is 35.3 Å². The Morgan fingerprint density at radius 1 is 1.33 bits per heavy atom. The van der Waals surface area contributed by atoms with Crippen LogP contribution in [0, 0.1) is 0 Å². The summed E-state index contributed by atoms with van der Waals surface area (Å²) in [5.41, 5.74) is 1.01. The van der Waals surface area contributed by atoms with Crippen molar-refractivity contribution in [2.45, 2.75) is 26.4 Å². The molecule has 128 valence electrons. The molecule has 1 N–H and O–H groups in total. The van der Waals surface area contributed by atoms with Gasteiger partial charge in [-0.3, -0.25) is 9.59 Å². The lowest BCUT2D eigenvalue weighted by Gasteiger charge is -2.20. The number of rotatable bonds is 6. The standard InChI is InChI=1S/C17H21ClN4O2/c1-12(2)20-15(23)11-21(3)14-9-19-22(17(24)16(14)18)10-13-7-5-4-6-8-13/h4-9,12H,10-11H2,1-3H3,(H,20,23). The number of hydrogen-bond acceptors (Lipinski definition) is 4. The first kappa shape index (κ1) is 18.0. The van der Waals surface area contributed by atoms with E-state index in [9.17, 15) is 9.59 Å². The van der Waals surface area contributed by atoms with Gasteiger partial charge >= 0.3 is 0 Å². The topological polar surface area (TPSA) is 67.2 Å². The highest BCUT2D eigenvalue weighted by Gasteiger charge is 2.15. The SMILES string of the molecule is CC(C)NC(=O)CN(C)c1cnn(Cc2ccccc2)c(=O)c1Cl. The quantitative estimate of drug-likeness (QED) is 0.866. The molecule has 1 amide bonds. The molecule has 7 heteroatoms. The lowest BCUT2D eigenvalue weighted by Crippen LogP contribution is -2.39. The molecule has 2 rings (SSSR count). The predicted octanol–water partition coefficient (Wildman–Crippen LogP) is 1.91. The summed E-state index contributed by atoms with van der Waals surface area (Å²) in [5.74, 6) is -0.142. The smallest absolute Gasteiger partial charge is 0.287 e. The number of amides is 1. The third-order valence-corrected chi connectivity index (χ3v) is 3.74. The number of nitrogens with one attached hydrogen (secondary N) is 1. The highest BCUT2D eigenvalue weighted by Crippen LogP contribution is 2.19. The average molecular weight is 349 g/mol. The van der Waals surface area contributed by atoms with Gasteiger partial charge in [-0.25, -0.2) is 4.68 Å². The van der Waals surface area contributed by atoms with E-state index in [2.05, 4.69) is 10.4 Å². The third-order valence-electron chi connectivity index (χ3n) is 3.38. The van der Waals surface area contributed by atoms with E-state index in [0.29, 0.717) is 12.2 Å². The number of carbonyl (C=O) groups excluding carboxylic acids is 1. The summed E-state index contributed by atoms with van der Waals surface area (Å²) in [5, 5.41) is 7.02. The minimum Gasteiger partial charge on any atom is -0.363 e. The van der Waals surface area contributed by atoms with Crippen molar-refractivity contribution in [2.75, 3.05) is 18.5 Å². The minimum atomic E-state index is -0.380. The van der Waals surface area contributed by atoms with Crippen molar-refractivity contribution in [3.8, 4) is 0 Å². The predicted molar refractivity (Wildman–Crippen MR) is 95.6 cm³/mol. The largest absolute Gasteiger partial charge is 0.363 e. The first-order chi connectivity index (χ1) is 11.4. The molecule has 0 saturated heterocycles. The van der Waals surface area contributed by atoms with E-state index >= 15 is 0 Å². The fraction of sp³-hybridized carbons (Fsp3) is 0.353. The van der Waals surface area contributed by atoms with Gasteiger partial charge < -0.3 is 10.2 Å². The molecule has 2 aromatic rings. The Balaban J connectivity index is 2.17. The van der Waals surface area contributed by atoms with E-state index in [1.165, 1.54) is 10.9 Å². The van der Waals surface area contributed by atoms with Gasteiger partial charge in [0.2, 0.25) is 5.91 Å². The van der Waals surface area contributed by atoms with Gasteiger partial charge in [-0.2, -0.15) is 5.10 Å². The molecule has 0 spiro atoms. The van der Waals surface area contributed by atoms with E-state index < -0.39 is 0 Å². The van der Waals surface area contributed by atoms with Gasteiger partial charge in [-0.15, -0.1) is 0 Å². The Hall–Kier alpha value is -2.34. The molecule has 0 aliphatic heterocycles. The van der Waals surface area contributed by atoms with Gasteiger partial charge in [0.1, 0.15) is 5.02 Å². The number of nitrogens with zero attached hydrogens (tertiary/aromatic N) is 3. The van der Waals surface area contributed by atoms with Crippen LogP contribution >= 0.6 is 11.6 Å². The summed E-state index contributed by atoms with van der Waals surface area (Å²) < 4.78 is 1.31. The molecule has 6 nitrogen and oxygen atoms in total. The molecule has 24 heavy (non-hydrogen) atoms. The molecule has 0 aliphatic carbocycles. The first-order valence-electron chi connectivity index (χ1n) is 7.68. The second kappa shape index (κ2) is 7.97. The number of carbonyl (C=O) groups is 1. The van der Waals surface area contributed by atoms with Gasteiger partial charge in [0.25, 0.3) is 5.56 Å². The Labute approximate surface area is 146 Å². The van der Waals surface area contributed by atoms with Crippen LogP contribution in [0.3, 0.4) is 0 Å². The van der Waals surface area contributed by atoms with Gasteiger partial charge in [0.05, 0.1) is 25.0 Å². The number of benzene rings is 1. The highest BCUT2D eigenvalue weighted by atomic mass is 35.5. The number of halogens is 1. The average Bonchev–Trinajstić information content (AvgIpc) is 2.52. The van der Waals surface area contributed by atoms with Crippen LogP contribution in [0.2, 0.25) is 5.02 Å². The normalized spacial score (nSPS) is 10.7. The molecule has 0 radical (unpaired) electrons. The molecule has 1 heterocycles. The van der Waals surface area contributed by atoms with Crippen molar-refractivity contribution in [3.05, 3.63) is 57.5 Å². The van der Waals surface area contributed by atoms with Crippen LogP contribution in [0.1, 0.15) is 19.4 Å². The van der Waals surface area contributed by atoms with Gasteiger partial charge in [-0.1, -0.05) is 41.9 Å². The van der Waals surface area contributed by atoms with Crippen molar-refractivity contribution in [2.24, 2.45) is 0 Å². The Bertz CT molecular complexity index is 759. The van der Waals surface area contributed by atoms with E-state index in [1.54, 1.807) is 11.9 Å². The summed E-state index contributed by atoms with van der Waals surface area (Å²) in [4.78, 5) is 25.9. The van der Waals surface area contributed by atoms with Crippen molar-refractivity contribution < 1.29 is 4.79 Å². The Morgan fingerprint density at radius 2 is 2.00 bits per heavy atom. The number of aromatic nitrogens is 2. The molecular formula is C17H21ClN4O2. The fourth-order valence-corrected chi connectivity index (χ4v) is 2.55. The minimum absolute atomic E-state index is 0.0540. The van der Waals surface area contributed by atoms with Crippen LogP contribution in [0.25, 0.3) is 0 Å². The number of hydrogen-bond donors (Lipinski definition) is 1. The zero-order valence-electron chi connectivity index (χ0n) is 14.0. The van der Waals surface area contributed by atoms with Crippen LogP contribution in [-0.2, 0) is 11.3 Å². The van der Waals surface area contributed by atoms with Crippen LogP contribution in [0.5, 0.6) is 0 Å². The van der Waals surface area contributed by atoms with E-state index in [1.807, 2.05) is 44.2 Å². The Kier molecular flexibility index (Phi) is 5.98. The summed E-state index contributed by atoms with van der Waals surface area (Å²) in [6.07, 6.45) is 1.51. The van der Waals surface area contributed by atoms with Gasteiger partial charge in [-0.05, 0) is 19.4 Å². The molecular weight excluding hydrogens is 328 g/mol. The van der Waals surface area contributed by atoms with E-state index in [4.69, 9.17) is 11.6 Å². The highest BCUT2D eigenvalue weighted by molar-refractivity contribution is 6.33. The molecule has 0 aliphatic rings. The van der Waals surface area contributed by atoms with Crippen LogP contribution in [0.4, 0.5) is 5.69 Å². The lowest BCUT2D eigenvalue weighted by atomic mass is 10.2. The van der Waals surface area contributed by atoms with Crippen LogP contribution < -0.4 is 15.8 Å².